The number of rotatable bonds is 3. The standard InChI is InChI=1S/C9H11FN4.C8H17NO3S/c1-5(2)7-3-6(10)8-4-12-9(11)13-14(7)8;1-7(2)13(11,12)9-5-3-4-8(10)6-9/h3-5H,1-2H3,(H2,11,13);7-8,10H,3-6H2,1-2H3. The van der Waals surface area contributed by atoms with Crippen LogP contribution in [0.1, 0.15) is 52.1 Å². The molecule has 0 spiro atoms. The van der Waals surface area contributed by atoms with Crippen LogP contribution >= 0.6 is 0 Å². The molecular formula is C17H28FN5O3S. The average Bonchev–Trinajstić information content (AvgIpc) is 2.91. The summed E-state index contributed by atoms with van der Waals surface area (Å²) in [6, 6.07) is 1.47. The molecule has 3 N–H and O–H groups in total. The topological polar surface area (TPSA) is 114 Å². The highest BCUT2D eigenvalue weighted by molar-refractivity contribution is 7.89. The van der Waals surface area contributed by atoms with E-state index in [4.69, 9.17) is 5.73 Å². The lowest BCUT2D eigenvalue weighted by atomic mass is 10.1. The Morgan fingerprint density at radius 3 is 2.56 bits per heavy atom. The molecule has 0 aliphatic carbocycles. The number of fused-ring (bicyclic) bond motifs is 1. The number of nitrogen functional groups attached to an aromatic ring is 1. The Morgan fingerprint density at radius 1 is 1.33 bits per heavy atom. The van der Waals surface area contributed by atoms with Crippen LogP contribution in [0.4, 0.5) is 10.3 Å². The minimum Gasteiger partial charge on any atom is -0.392 e. The first kappa shape index (κ1) is 21.5. The third kappa shape index (κ3) is 4.94. The second-order valence-corrected chi connectivity index (χ2v) is 9.72. The van der Waals surface area contributed by atoms with Crippen LogP contribution < -0.4 is 5.73 Å². The van der Waals surface area contributed by atoms with Crippen molar-refractivity contribution in [2.45, 2.75) is 57.8 Å². The predicted octanol–water partition coefficient (Wildman–Crippen LogP) is 1.76. The lowest BCUT2D eigenvalue weighted by Crippen LogP contribution is -2.44. The van der Waals surface area contributed by atoms with Gasteiger partial charge in [0.2, 0.25) is 16.0 Å². The fourth-order valence-corrected chi connectivity index (χ4v) is 4.21. The first-order valence-corrected chi connectivity index (χ1v) is 10.5. The van der Waals surface area contributed by atoms with E-state index in [1.165, 1.54) is 21.1 Å². The number of nitrogens with zero attached hydrogens (tertiary/aromatic N) is 4. The number of hydrogen-bond acceptors (Lipinski definition) is 6. The number of sulfonamides is 1. The largest absolute Gasteiger partial charge is 0.392 e. The maximum absolute atomic E-state index is 13.4. The van der Waals surface area contributed by atoms with Crippen molar-refractivity contribution >= 4 is 21.5 Å². The molecule has 2 aromatic heterocycles. The molecule has 1 unspecified atom stereocenters. The molecule has 0 aromatic carbocycles. The number of hydrogen-bond donors (Lipinski definition) is 2. The molecule has 1 aliphatic rings. The van der Waals surface area contributed by atoms with E-state index < -0.39 is 21.4 Å². The van der Waals surface area contributed by atoms with Crippen LogP contribution in [0.2, 0.25) is 0 Å². The van der Waals surface area contributed by atoms with E-state index >= 15 is 0 Å². The highest BCUT2D eigenvalue weighted by Crippen LogP contribution is 2.20. The molecule has 3 heterocycles. The zero-order valence-electron chi connectivity index (χ0n) is 16.1. The molecule has 3 rings (SSSR count). The maximum Gasteiger partial charge on any atom is 0.238 e. The summed E-state index contributed by atoms with van der Waals surface area (Å²) < 4.78 is 39.5. The molecule has 1 atom stereocenters. The summed E-state index contributed by atoms with van der Waals surface area (Å²) in [5.41, 5.74) is 6.60. The molecule has 1 aliphatic heterocycles. The predicted molar refractivity (Wildman–Crippen MR) is 102 cm³/mol. The lowest BCUT2D eigenvalue weighted by molar-refractivity contribution is 0.107. The van der Waals surface area contributed by atoms with Gasteiger partial charge >= 0.3 is 0 Å². The van der Waals surface area contributed by atoms with Crippen molar-refractivity contribution in [3.8, 4) is 0 Å². The summed E-state index contributed by atoms with van der Waals surface area (Å²) in [5, 5.41) is 12.9. The number of aliphatic hydroxyl groups excluding tert-OH is 1. The van der Waals surface area contributed by atoms with E-state index in [1.807, 2.05) is 13.8 Å². The maximum atomic E-state index is 13.4. The van der Waals surface area contributed by atoms with E-state index in [9.17, 15) is 17.9 Å². The monoisotopic (exact) mass is 401 g/mol. The van der Waals surface area contributed by atoms with Crippen LogP contribution in [0.15, 0.2) is 12.3 Å². The van der Waals surface area contributed by atoms with E-state index in [2.05, 4.69) is 10.1 Å². The Balaban J connectivity index is 0.000000194. The Kier molecular flexibility index (Phi) is 6.77. The summed E-state index contributed by atoms with van der Waals surface area (Å²) in [6.07, 6.45) is 2.38. The van der Waals surface area contributed by atoms with Gasteiger partial charge in [-0.2, -0.15) is 4.31 Å². The van der Waals surface area contributed by atoms with Gasteiger partial charge in [-0.05, 0) is 38.7 Å². The molecular weight excluding hydrogens is 373 g/mol. The fraction of sp³-hybridized carbons (Fsp3) is 0.647. The molecule has 0 radical (unpaired) electrons. The van der Waals surface area contributed by atoms with Gasteiger partial charge in [-0.3, -0.25) is 0 Å². The summed E-state index contributed by atoms with van der Waals surface area (Å²) in [7, 11) is -3.16. The molecule has 10 heteroatoms. The van der Waals surface area contributed by atoms with Gasteiger partial charge in [0.25, 0.3) is 0 Å². The van der Waals surface area contributed by atoms with Crippen molar-refractivity contribution in [1.29, 1.82) is 0 Å². The van der Waals surface area contributed by atoms with Crippen LogP contribution in [0.5, 0.6) is 0 Å². The number of halogens is 1. The van der Waals surface area contributed by atoms with Crippen molar-refractivity contribution in [3.05, 3.63) is 23.8 Å². The number of anilines is 1. The average molecular weight is 402 g/mol. The number of aliphatic hydroxyl groups is 1. The Bertz CT molecular complexity index is 882. The van der Waals surface area contributed by atoms with E-state index in [0.717, 1.165) is 12.1 Å². The third-order valence-electron chi connectivity index (χ3n) is 4.42. The second kappa shape index (κ2) is 8.49. The van der Waals surface area contributed by atoms with Crippen molar-refractivity contribution < 1.29 is 17.9 Å². The molecule has 0 saturated carbocycles. The zero-order chi connectivity index (χ0) is 20.4. The molecule has 1 fully saturated rings. The molecule has 0 amide bonds. The van der Waals surface area contributed by atoms with Gasteiger partial charge in [-0.15, -0.1) is 5.10 Å². The molecule has 2 aromatic rings. The quantitative estimate of drug-likeness (QED) is 0.810. The Morgan fingerprint density at radius 2 is 2.00 bits per heavy atom. The smallest absolute Gasteiger partial charge is 0.238 e. The molecule has 27 heavy (non-hydrogen) atoms. The van der Waals surface area contributed by atoms with Gasteiger partial charge in [0.15, 0.2) is 5.82 Å². The van der Waals surface area contributed by atoms with E-state index in [1.54, 1.807) is 13.8 Å². The minimum absolute atomic E-state index is 0.148. The lowest BCUT2D eigenvalue weighted by Gasteiger charge is -2.30. The number of β-amino-alcohol motifs (C(OH)–C–C–N with tert-alkyl or cyclic N) is 1. The van der Waals surface area contributed by atoms with Gasteiger partial charge in [-0.25, -0.2) is 22.3 Å². The zero-order valence-corrected chi connectivity index (χ0v) is 16.9. The van der Waals surface area contributed by atoms with Gasteiger partial charge in [0.05, 0.1) is 17.6 Å². The highest BCUT2D eigenvalue weighted by atomic mass is 32.2. The number of nitrogens with two attached hydrogens (primary N) is 1. The van der Waals surface area contributed by atoms with Crippen molar-refractivity contribution in [3.63, 3.8) is 0 Å². The normalized spacial score (nSPS) is 18.7. The minimum atomic E-state index is -3.16. The van der Waals surface area contributed by atoms with Gasteiger partial charge in [0, 0.05) is 18.8 Å². The first-order chi connectivity index (χ1) is 12.5. The van der Waals surface area contributed by atoms with Crippen LogP contribution in [-0.4, -0.2) is 56.9 Å². The summed E-state index contributed by atoms with van der Waals surface area (Å²) in [4.78, 5) is 3.75. The first-order valence-electron chi connectivity index (χ1n) is 9.00. The third-order valence-corrected chi connectivity index (χ3v) is 6.66. The fourth-order valence-electron chi connectivity index (χ4n) is 2.85. The number of piperidine rings is 1. The van der Waals surface area contributed by atoms with Crippen LogP contribution in [0.3, 0.4) is 0 Å². The molecule has 0 bridgehead atoms. The highest BCUT2D eigenvalue weighted by Gasteiger charge is 2.29. The van der Waals surface area contributed by atoms with E-state index in [-0.39, 0.29) is 24.2 Å². The summed E-state index contributed by atoms with van der Waals surface area (Å²) in [6.45, 7) is 8.09. The molecule has 152 valence electrons. The molecule has 1 saturated heterocycles. The van der Waals surface area contributed by atoms with Crippen molar-refractivity contribution in [2.75, 3.05) is 18.8 Å². The van der Waals surface area contributed by atoms with Crippen molar-refractivity contribution in [2.24, 2.45) is 0 Å². The van der Waals surface area contributed by atoms with E-state index in [0.29, 0.717) is 18.5 Å². The SMILES string of the molecule is CC(C)S(=O)(=O)N1CCCC(O)C1.CC(C)c1cc(F)c2cnc(N)nn12. The van der Waals surface area contributed by atoms with Crippen LogP contribution in [0.25, 0.3) is 5.52 Å². The van der Waals surface area contributed by atoms with Gasteiger partial charge < -0.3 is 10.8 Å². The Hall–Kier alpha value is -1.78. The van der Waals surface area contributed by atoms with Crippen molar-refractivity contribution in [1.82, 2.24) is 18.9 Å². The summed E-state index contributed by atoms with van der Waals surface area (Å²) in [5.74, 6) is 0.0324. The molecule has 8 nitrogen and oxygen atoms in total. The number of aromatic nitrogens is 3. The summed E-state index contributed by atoms with van der Waals surface area (Å²) >= 11 is 0. The van der Waals surface area contributed by atoms with Gasteiger partial charge in [-0.1, -0.05) is 13.8 Å². The second-order valence-electron chi connectivity index (χ2n) is 7.23. The van der Waals surface area contributed by atoms with Crippen LogP contribution in [-0.2, 0) is 10.0 Å². The Labute approximate surface area is 159 Å². The van der Waals surface area contributed by atoms with Crippen LogP contribution in [0, 0.1) is 5.82 Å². The van der Waals surface area contributed by atoms with Gasteiger partial charge in [0.1, 0.15) is 5.52 Å².